The third-order valence-electron chi connectivity index (χ3n) is 3.18. The Kier molecular flexibility index (Phi) is 3.67. The summed E-state index contributed by atoms with van der Waals surface area (Å²) in [7, 11) is -3.98. The van der Waals surface area contributed by atoms with Crippen LogP contribution in [-0.2, 0) is 13.8 Å². The van der Waals surface area contributed by atoms with Gasteiger partial charge in [0.2, 0.25) is 0 Å². The summed E-state index contributed by atoms with van der Waals surface area (Å²) in [5.41, 5.74) is 4.64. The van der Waals surface area contributed by atoms with E-state index in [-0.39, 0.29) is 17.4 Å². The first-order chi connectivity index (χ1) is 9.78. The minimum Gasteiger partial charge on any atom is -0.385 e. The highest BCUT2D eigenvalue weighted by Crippen LogP contribution is 2.58. The Hall–Kier alpha value is -0.840. The smallest absolute Gasteiger partial charge is 0.385 e. The normalized spacial score (nSPS) is 34.7. The van der Waals surface area contributed by atoms with Crippen molar-refractivity contribution < 1.29 is 28.7 Å². The molecule has 2 aliphatic rings. The number of nitrogens with zero attached hydrogens (tertiary/aromatic N) is 2. The lowest BCUT2D eigenvalue weighted by atomic mass is 10.1. The van der Waals surface area contributed by atoms with Crippen molar-refractivity contribution in [2.75, 3.05) is 12.3 Å². The summed E-state index contributed by atoms with van der Waals surface area (Å²) in [4.78, 5) is 34.0. The summed E-state index contributed by atoms with van der Waals surface area (Å²) in [6, 6.07) is 0. The van der Waals surface area contributed by atoms with E-state index in [2.05, 4.69) is 4.98 Å². The molecule has 2 aliphatic heterocycles. The number of anilines is 1. The molecule has 0 saturated carbocycles. The molecule has 1 aromatic heterocycles. The first-order valence-corrected chi connectivity index (χ1v) is 7.74. The van der Waals surface area contributed by atoms with Gasteiger partial charge >= 0.3 is 13.9 Å². The van der Waals surface area contributed by atoms with Crippen LogP contribution in [0.4, 0.5) is 5.82 Å². The lowest BCUT2D eigenvalue weighted by Crippen LogP contribution is -2.41. The van der Waals surface area contributed by atoms with Crippen molar-refractivity contribution in [2.45, 2.75) is 24.5 Å². The van der Waals surface area contributed by atoms with Crippen LogP contribution in [-0.4, -0.2) is 49.4 Å². The summed E-state index contributed by atoms with van der Waals surface area (Å²) in [6.45, 7) is -0.191. The molecule has 2 fully saturated rings. The summed E-state index contributed by atoms with van der Waals surface area (Å²) in [6.07, 6.45) is -3.12. The maximum atomic E-state index is 11.8. The zero-order valence-corrected chi connectivity index (χ0v) is 12.0. The van der Waals surface area contributed by atoms with Gasteiger partial charge in [-0.3, -0.25) is 4.57 Å². The fourth-order valence-electron chi connectivity index (χ4n) is 2.21. The molecule has 12 heteroatoms. The monoisotopic (exact) mass is 340 g/mol. The molecule has 0 radical (unpaired) electrons. The minimum atomic E-state index is -3.98. The second-order valence-corrected chi connectivity index (χ2v) is 6.43. The molecule has 0 aromatic carbocycles. The van der Waals surface area contributed by atoms with Gasteiger partial charge < -0.3 is 15.6 Å². The fraction of sp³-hybridized carbons (Fsp3) is 0.556. The van der Waals surface area contributed by atoms with Gasteiger partial charge in [-0.15, -0.1) is 4.52 Å². The topological polar surface area (TPSA) is 149 Å². The first-order valence-electron chi connectivity index (χ1n) is 5.84. The minimum absolute atomic E-state index is 0.0172. The molecule has 2 saturated heterocycles. The Labute approximate surface area is 123 Å². The number of hydrogen-bond donors (Lipinski definition) is 4. The molecule has 0 amide bonds. The van der Waals surface area contributed by atoms with E-state index in [0.29, 0.717) is 0 Å². The maximum absolute atomic E-state index is 11.8. The van der Waals surface area contributed by atoms with E-state index in [4.69, 9.17) is 31.1 Å². The molecule has 21 heavy (non-hydrogen) atoms. The molecular weight excluding hydrogens is 329 g/mol. The van der Waals surface area contributed by atoms with Crippen molar-refractivity contribution in [2.24, 2.45) is 0 Å². The van der Waals surface area contributed by atoms with Crippen LogP contribution in [0.2, 0.25) is 5.02 Å². The molecule has 116 valence electrons. The fourth-order valence-corrected chi connectivity index (χ4v) is 3.34. The number of rotatable bonds is 1. The Bertz CT molecular complexity index is 626. The average Bonchev–Trinajstić information content (AvgIpc) is 2.70. The molecule has 5 N–H and O–H groups in total. The van der Waals surface area contributed by atoms with Crippen molar-refractivity contribution in [1.29, 1.82) is 0 Å². The van der Waals surface area contributed by atoms with Crippen LogP contribution in [0.5, 0.6) is 0 Å². The van der Waals surface area contributed by atoms with E-state index in [0.717, 1.165) is 4.57 Å². The van der Waals surface area contributed by atoms with Crippen molar-refractivity contribution >= 4 is 25.6 Å². The third kappa shape index (κ3) is 2.65. The number of aliphatic hydroxyl groups excluding tert-OH is 1. The number of hydrogen-bond acceptors (Lipinski definition) is 9. The van der Waals surface area contributed by atoms with Crippen LogP contribution in [0.1, 0.15) is 6.23 Å². The highest BCUT2D eigenvalue weighted by molar-refractivity contribution is 7.54. The first kappa shape index (κ1) is 15.1. The van der Waals surface area contributed by atoms with Gasteiger partial charge in [0.15, 0.2) is 12.3 Å². The number of aliphatic hydroxyl groups is 1. The molecule has 0 aliphatic carbocycles. The van der Waals surface area contributed by atoms with Crippen LogP contribution in [0.3, 0.4) is 0 Å². The van der Waals surface area contributed by atoms with Crippen LogP contribution in [0.25, 0.3) is 0 Å². The number of nitrogens with two attached hydrogens (primary N) is 1. The van der Waals surface area contributed by atoms with Crippen molar-refractivity contribution in [3.05, 3.63) is 21.7 Å². The Morgan fingerprint density at radius 3 is 2.95 bits per heavy atom. The predicted molar refractivity (Wildman–Crippen MR) is 70.0 cm³/mol. The van der Waals surface area contributed by atoms with E-state index in [1.54, 1.807) is 0 Å². The number of ether oxygens (including phenoxy) is 1. The number of halogens is 1. The predicted octanol–water partition coefficient (Wildman–Crippen LogP) is -1.19. The molecule has 0 spiro atoms. The Morgan fingerprint density at radius 1 is 1.52 bits per heavy atom. The van der Waals surface area contributed by atoms with Gasteiger partial charge in [0.1, 0.15) is 24.6 Å². The van der Waals surface area contributed by atoms with Crippen LogP contribution in [0.15, 0.2) is 11.0 Å². The van der Waals surface area contributed by atoms with Gasteiger partial charge in [-0.25, -0.2) is 4.79 Å². The number of nitrogen functional groups attached to an aromatic ring is 1. The molecule has 0 bridgehead atoms. The third-order valence-corrected chi connectivity index (χ3v) is 4.48. The highest BCUT2D eigenvalue weighted by Gasteiger charge is 2.59. The summed E-state index contributed by atoms with van der Waals surface area (Å²) in [5, 5.41) is 10.2. The van der Waals surface area contributed by atoms with Gasteiger partial charge in [-0.1, -0.05) is 11.6 Å². The zero-order valence-electron chi connectivity index (χ0n) is 10.4. The van der Waals surface area contributed by atoms with Gasteiger partial charge in [0.05, 0.1) is 5.02 Å². The lowest BCUT2D eigenvalue weighted by Gasteiger charge is -2.24. The van der Waals surface area contributed by atoms with Crippen LogP contribution in [0, 0.1) is 0 Å². The summed E-state index contributed by atoms with van der Waals surface area (Å²) < 4.78 is 16.0. The van der Waals surface area contributed by atoms with Gasteiger partial charge in [0, 0.05) is 6.20 Å². The van der Waals surface area contributed by atoms with E-state index in [9.17, 15) is 19.7 Å². The van der Waals surface area contributed by atoms with Crippen molar-refractivity contribution in [1.82, 2.24) is 9.55 Å². The van der Waals surface area contributed by atoms with E-state index in [1.807, 2.05) is 0 Å². The SMILES string of the molecule is Nc1nc(=O)n([C@@H]2O[C@@H]3CO[P+](O)(O)O[C@H]3[C@H]2O)cc1Cl. The Balaban J connectivity index is 1.92. The maximum Gasteiger partial charge on any atom is 0.570 e. The molecule has 1 aromatic rings. The second kappa shape index (κ2) is 5.11. The largest absolute Gasteiger partial charge is 0.570 e. The van der Waals surface area contributed by atoms with Gasteiger partial charge in [-0.05, 0) is 0 Å². The van der Waals surface area contributed by atoms with Gasteiger partial charge in [0.25, 0.3) is 0 Å². The van der Waals surface area contributed by atoms with Crippen molar-refractivity contribution in [3.8, 4) is 0 Å². The van der Waals surface area contributed by atoms with Gasteiger partial charge in [-0.2, -0.15) is 19.3 Å². The Morgan fingerprint density at radius 2 is 2.24 bits per heavy atom. The second-order valence-electron chi connectivity index (χ2n) is 4.58. The molecule has 3 rings (SSSR count). The number of fused-ring (bicyclic) bond motifs is 1. The average molecular weight is 341 g/mol. The summed E-state index contributed by atoms with van der Waals surface area (Å²) >= 11 is 5.80. The molecular formula is C9H12ClN3O7P+. The molecule has 10 nitrogen and oxygen atoms in total. The van der Waals surface area contributed by atoms with Crippen molar-refractivity contribution in [3.63, 3.8) is 0 Å². The highest BCUT2D eigenvalue weighted by atomic mass is 35.5. The summed E-state index contributed by atoms with van der Waals surface area (Å²) in [5.74, 6) is -0.141. The number of aromatic nitrogens is 2. The molecule has 4 atom stereocenters. The van der Waals surface area contributed by atoms with Crippen LogP contribution >= 0.6 is 19.8 Å². The quantitative estimate of drug-likeness (QED) is 0.463. The van der Waals surface area contributed by atoms with E-state index in [1.165, 1.54) is 6.20 Å². The molecule has 0 unspecified atom stereocenters. The van der Waals surface area contributed by atoms with Crippen LogP contribution < -0.4 is 11.4 Å². The molecule has 3 heterocycles. The van der Waals surface area contributed by atoms with E-state index < -0.39 is 38.4 Å². The van der Waals surface area contributed by atoms with E-state index >= 15 is 0 Å². The standard InChI is InChI=1S/C9H11ClN3O7P/c10-3-1-13(9(15)12-7(3)11)8-5(14)6-4(19-8)2-18-21(16,17)20-6/h1,4-6,8,14,16-17H,2H2,(H-,11,12,15)/p+1/t4-,5-,6-,8-/m1/s1. The lowest BCUT2D eigenvalue weighted by molar-refractivity contribution is -0.0763. The zero-order chi connectivity index (χ0) is 15.4.